The Morgan fingerprint density at radius 1 is 1.54 bits per heavy atom. The maximum absolute atomic E-state index is 10.5. The summed E-state index contributed by atoms with van der Waals surface area (Å²) in [7, 11) is 0. The van der Waals surface area contributed by atoms with Gasteiger partial charge in [-0.05, 0) is 6.07 Å². The van der Waals surface area contributed by atoms with Crippen molar-refractivity contribution in [1.29, 1.82) is 0 Å². The van der Waals surface area contributed by atoms with E-state index in [0.717, 1.165) is 0 Å². The first kappa shape index (κ1) is 8.00. The Balaban J connectivity index is 2.84. The average Bonchev–Trinajstić information content (AvgIpc) is 2.48. The number of rotatable bonds is 1. The first-order valence-corrected chi connectivity index (χ1v) is 3.85. The van der Waals surface area contributed by atoms with Gasteiger partial charge < -0.3 is 0 Å². The molecule has 13 heavy (non-hydrogen) atoms. The summed E-state index contributed by atoms with van der Waals surface area (Å²) in [5.41, 5.74) is 0.342. The minimum atomic E-state index is -0.475. The van der Waals surface area contributed by atoms with Crippen LogP contribution in [0, 0.1) is 10.1 Å². The number of aromatic nitrogens is 2. The Kier molecular flexibility index (Phi) is 1.66. The highest BCUT2D eigenvalue weighted by molar-refractivity contribution is 6.34. The van der Waals surface area contributed by atoms with Crippen LogP contribution in [0.25, 0.3) is 10.9 Å². The van der Waals surface area contributed by atoms with Gasteiger partial charge >= 0.3 is 0 Å². The maximum atomic E-state index is 10.5. The van der Waals surface area contributed by atoms with Crippen LogP contribution in [0.5, 0.6) is 0 Å². The van der Waals surface area contributed by atoms with Crippen LogP contribution in [0.1, 0.15) is 0 Å². The summed E-state index contributed by atoms with van der Waals surface area (Å²) < 4.78 is 0. The van der Waals surface area contributed by atoms with Crippen molar-refractivity contribution in [2.24, 2.45) is 0 Å². The molecular weight excluding hydrogens is 194 g/mol. The predicted octanol–water partition coefficient (Wildman–Crippen LogP) is 2.12. The second-order valence-corrected chi connectivity index (χ2v) is 2.83. The van der Waals surface area contributed by atoms with Gasteiger partial charge in [0.15, 0.2) is 5.15 Å². The van der Waals surface area contributed by atoms with E-state index in [1.165, 1.54) is 6.07 Å². The molecule has 0 saturated heterocycles. The summed E-state index contributed by atoms with van der Waals surface area (Å²) in [6, 6.07) is 4.65. The van der Waals surface area contributed by atoms with E-state index in [4.69, 9.17) is 11.6 Å². The van der Waals surface area contributed by atoms with E-state index in [2.05, 4.69) is 10.2 Å². The molecule has 0 aliphatic carbocycles. The molecule has 66 valence electrons. The van der Waals surface area contributed by atoms with Crippen molar-refractivity contribution in [3.8, 4) is 0 Å². The molecule has 2 aromatic rings. The third-order valence-electron chi connectivity index (χ3n) is 1.73. The molecule has 0 spiro atoms. The third-order valence-corrected chi connectivity index (χ3v) is 2.02. The van der Waals surface area contributed by atoms with Gasteiger partial charge in [-0.15, -0.1) is 0 Å². The number of benzene rings is 1. The minimum absolute atomic E-state index is 0.0168. The van der Waals surface area contributed by atoms with Gasteiger partial charge in [0, 0.05) is 11.5 Å². The van der Waals surface area contributed by atoms with Crippen LogP contribution < -0.4 is 0 Å². The van der Waals surface area contributed by atoms with E-state index >= 15 is 0 Å². The van der Waals surface area contributed by atoms with Crippen LogP contribution in [-0.4, -0.2) is 15.1 Å². The molecule has 0 aliphatic rings. The first-order valence-electron chi connectivity index (χ1n) is 3.47. The molecule has 1 heterocycles. The number of aromatic amines is 1. The fraction of sp³-hybridized carbons (Fsp3) is 0. The highest BCUT2D eigenvalue weighted by atomic mass is 35.5. The zero-order valence-electron chi connectivity index (χ0n) is 6.32. The lowest BCUT2D eigenvalue weighted by Gasteiger charge is -1.91. The zero-order chi connectivity index (χ0) is 9.42. The number of hydrogen-bond acceptors (Lipinski definition) is 3. The molecule has 0 unspecified atom stereocenters. The molecule has 0 bridgehead atoms. The predicted molar refractivity (Wildman–Crippen MR) is 47.8 cm³/mol. The lowest BCUT2D eigenvalue weighted by molar-refractivity contribution is -0.383. The summed E-state index contributed by atoms with van der Waals surface area (Å²) in [4.78, 5) is 10.1. The Morgan fingerprint density at radius 2 is 2.31 bits per heavy atom. The molecule has 1 N–H and O–H groups in total. The first-order chi connectivity index (χ1) is 6.20. The highest BCUT2D eigenvalue weighted by Crippen LogP contribution is 2.27. The summed E-state index contributed by atoms with van der Waals surface area (Å²) in [6.45, 7) is 0. The minimum Gasteiger partial charge on any atom is -0.270 e. The second kappa shape index (κ2) is 2.70. The van der Waals surface area contributed by atoms with Crippen molar-refractivity contribution >= 4 is 28.2 Å². The van der Waals surface area contributed by atoms with E-state index in [1.807, 2.05) is 0 Å². The molecule has 0 radical (unpaired) electrons. The van der Waals surface area contributed by atoms with Gasteiger partial charge in [-0.25, -0.2) is 0 Å². The van der Waals surface area contributed by atoms with Gasteiger partial charge in [-0.2, -0.15) is 5.10 Å². The van der Waals surface area contributed by atoms with E-state index in [9.17, 15) is 10.1 Å². The largest absolute Gasteiger partial charge is 0.294 e. The number of nitro groups is 1. The lowest BCUT2D eigenvalue weighted by atomic mass is 10.2. The summed E-state index contributed by atoms with van der Waals surface area (Å²) in [5.74, 6) is 0. The van der Waals surface area contributed by atoms with Crippen molar-refractivity contribution in [3.63, 3.8) is 0 Å². The maximum Gasteiger partial charge on any atom is 0.294 e. The fourth-order valence-electron chi connectivity index (χ4n) is 1.15. The molecule has 1 aromatic carbocycles. The number of fused-ring (bicyclic) bond motifs is 1. The number of para-hydroxylation sites is 1. The number of H-pyrrole nitrogens is 1. The Hall–Kier alpha value is -1.62. The smallest absolute Gasteiger partial charge is 0.270 e. The standard InChI is InChI=1S/C7H4ClN3O2/c8-7-4-2-1-3-5(11(12)13)6(4)9-10-7/h1-3H,(H,9,10). The summed E-state index contributed by atoms with van der Waals surface area (Å²) >= 11 is 5.68. The van der Waals surface area contributed by atoms with E-state index in [-0.39, 0.29) is 10.8 Å². The second-order valence-electron chi connectivity index (χ2n) is 2.47. The van der Waals surface area contributed by atoms with Gasteiger partial charge in [0.25, 0.3) is 5.69 Å². The zero-order valence-corrected chi connectivity index (χ0v) is 7.08. The van der Waals surface area contributed by atoms with Crippen LogP contribution in [0.2, 0.25) is 5.15 Å². The molecule has 0 amide bonds. The Morgan fingerprint density at radius 3 is 3.00 bits per heavy atom. The molecule has 0 aliphatic heterocycles. The van der Waals surface area contributed by atoms with E-state index in [1.54, 1.807) is 12.1 Å². The van der Waals surface area contributed by atoms with Crippen LogP contribution in [0.15, 0.2) is 18.2 Å². The number of nitrogens with one attached hydrogen (secondary N) is 1. The van der Waals surface area contributed by atoms with Gasteiger partial charge in [0.05, 0.1) is 4.92 Å². The Bertz CT molecular complexity index is 480. The number of nitrogens with zero attached hydrogens (tertiary/aromatic N) is 2. The van der Waals surface area contributed by atoms with E-state index < -0.39 is 4.92 Å². The molecule has 0 atom stereocenters. The monoisotopic (exact) mass is 197 g/mol. The summed E-state index contributed by atoms with van der Waals surface area (Å²) in [5, 5.41) is 17.5. The fourth-order valence-corrected chi connectivity index (χ4v) is 1.35. The van der Waals surface area contributed by atoms with Crippen molar-refractivity contribution in [1.82, 2.24) is 10.2 Å². The molecule has 2 rings (SSSR count). The van der Waals surface area contributed by atoms with Crippen LogP contribution >= 0.6 is 11.6 Å². The van der Waals surface area contributed by atoms with Crippen LogP contribution in [0.4, 0.5) is 5.69 Å². The molecule has 5 nitrogen and oxygen atoms in total. The van der Waals surface area contributed by atoms with Crippen molar-refractivity contribution in [3.05, 3.63) is 33.5 Å². The number of halogens is 1. The third kappa shape index (κ3) is 1.13. The topological polar surface area (TPSA) is 71.8 Å². The van der Waals surface area contributed by atoms with Crippen LogP contribution in [0.3, 0.4) is 0 Å². The quantitative estimate of drug-likeness (QED) is 0.562. The molecule has 0 fully saturated rings. The lowest BCUT2D eigenvalue weighted by Crippen LogP contribution is -1.88. The van der Waals surface area contributed by atoms with Crippen molar-refractivity contribution in [2.75, 3.05) is 0 Å². The van der Waals surface area contributed by atoms with Gasteiger partial charge in [-0.3, -0.25) is 15.2 Å². The SMILES string of the molecule is O=[N+]([O-])c1cccc2c(Cl)n[nH]c12. The van der Waals surface area contributed by atoms with Gasteiger partial charge in [0.2, 0.25) is 0 Å². The molecular formula is C7H4ClN3O2. The molecule has 6 heteroatoms. The summed E-state index contributed by atoms with van der Waals surface area (Å²) in [6.07, 6.45) is 0. The van der Waals surface area contributed by atoms with Crippen molar-refractivity contribution < 1.29 is 4.92 Å². The van der Waals surface area contributed by atoms with Crippen molar-refractivity contribution in [2.45, 2.75) is 0 Å². The number of hydrogen-bond donors (Lipinski definition) is 1. The average molecular weight is 198 g/mol. The Labute approximate surface area is 77.5 Å². The normalized spacial score (nSPS) is 10.5. The molecule has 1 aromatic heterocycles. The highest BCUT2D eigenvalue weighted by Gasteiger charge is 2.14. The number of nitro benzene ring substituents is 1. The number of non-ortho nitro benzene ring substituents is 1. The van der Waals surface area contributed by atoms with Crippen LogP contribution in [-0.2, 0) is 0 Å². The van der Waals surface area contributed by atoms with E-state index in [0.29, 0.717) is 10.9 Å². The van der Waals surface area contributed by atoms with Gasteiger partial charge in [0.1, 0.15) is 5.52 Å². The molecule has 0 saturated carbocycles. The van der Waals surface area contributed by atoms with Gasteiger partial charge in [-0.1, -0.05) is 17.7 Å².